The Hall–Kier alpha value is -2.62. The summed E-state index contributed by atoms with van der Waals surface area (Å²) in [5.41, 5.74) is -0.0439. The maximum absolute atomic E-state index is 13.2. The third-order valence-electron chi connectivity index (χ3n) is 4.85. The lowest BCUT2D eigenvalue weighted by Crippen LogP contribution is -2.42. The molecule has 1 unspecified atom stereocenters. The van der Waals surface area contributed by atoms with Crippen molar-refractivity contribution in [2.45, 2.75) is 32.4 Å². The molecule has 1 atom stereocenters. The van der Waals surface area contributed by atoms with Crippen LogP contribution in [-0.2, 0) is 14.8 Å². The number of nitrogens with one attached hydrogen (secondary N) is 1. The lowest BCUT2D eigenvalue weighted by Gasteiger charge is -2.31. The van der Waals surface area contributed by atoms with Gasteiger partial charge in [0.2, 0.25) is 0 Å². The molecule has 6 nitrogen and oxygen atoms in total. The topological polar surface area (TPSA) is 78.8 Å². The molecular formula is C19H20F3N3O3S. The zero-order chi connectivity index (χ0) is 21.4. The molecule has 10 heteroatoms. The summed E-state index contributed by atoms with van der Waals surface area (Å²) in [6.07, 6.45) is -2.36. The second-order valence-electron chi connectivity index (χ2n) is 6.92. The average molecular weight is 427 g/mol. The van der Waals surface area contributed by atoms with Crippen LogP contribution in [0.1, 0.15) is 31.7 Å². The number of halogens is 3. The first-order valence-electron chi connectivity index (χ1n) is 9.02. The smallest absolute Gasteiger partial charge is 0.330 e. The van der Waals surface area contributed by atoms with Crippen LogP contribution in [0.4, 0.5) is 18.9 Å². The Kier molecular flexibility index (Phi) is 5.57. The van der Waals surface area contributed by atoms with E-state index in [9.17, 15) is 26.4 Å². The van der Waals surface area contributed by atoms with Gasteiger partial charge in [-0.1, -0.05) is 26.0 Å². The van der Waals surface area contributed by atoms with Gasteiger partial charge in [-0.15, -0.1) is 4.40 Å². The molecule has 1 aromatic rings. The van der Waals surface area contributed by atoms with Crippen molar-refractivity contribution in [3.05, 3.63) is 53.3 Å². The van der Waals surface area contributed by atoms with E-state index in [1.165, 1.54) is 0 Å². The summed E-state index contributed by atoms with van der Waals surface area (Å²) >= 11 is 0. The van der Waals surface area contributed by atoms with Crippen LogP contribution in [0.15, 0.2) is 52.1 Å². The SMILES string of the molecule is CCC(C)c1ccc(NC(=O)C2=CC(C(F)(F)F)=CN3CCS(=O)(=O)N=C23)cc1. The van der Waals surface area contributed by atoms with E-state index in [0.29, 0.717) is 17.7 Å². The van der Waals surface area contributed by atoms with Crippen molar-refractivity contribution < 1.29 is 26.4 Å². The number of rotatable bonds is 4. The Morgan fingerprint density at radius 1 is 1.28 bits per heavy atom. The van der Waals surface area contributed by atoms with Crippen molar-refractivity contribution in [3.63, 3.8) is 0 Å². The maximum atomic E-state index is 13.2. The Balaban J connectivity index is 1.93. The third-order valence-corrected chi connectivity index (χ3v) is 5.99. The van der Waals surface area contributed by atoms with Gasteiger partial charge in [0.05, 0.1) is 16.9 Å². The number of carbonyl (C=O) groups excluding carboxylic acids is 1. The molecule has 0 bridgehead atoms. The highest BCUT2D eigenvalue weighted by Crippen LogP contribution is 2.32. The molecule has 0 saturated carbocycles. The predicted octanol–water partition coefficient (Wildman–Crippen LogP) is 3.57. The van der Waals surface area contributed by atoms with Crippen LogP contribution in [0.5, 0.6) is 0 Å². The lowest BCUT2D eigenvalue weighted by atomic mass is 9.98. The summed E-state index contributed by atoms with van der Waals surface area (Å²) in [5, 5.41) is 2.52. The molecule has 29 heavy (non-hydrogen) atoms. The van der Waals surface area contributed by atoms with E-state index < -0.39 is 39.0 Å². The van der Waals surface area contributed by atoms with Gasteiger partial charge in [-0.2, -0.15) is 13.2 Å². The van der Waals surface area contributed by atoms with Gasteiger partial charge in [0.25, 0.3) is 15.9 Å². The van der Waals surface area contributed by atoms with E-state index in [2.05, 4.69) is 16.6 Å². The minimum Gasteiger partial charge on any atom is -0.330 e. The number of benzene rings is 1. The molecule has 1 N–H and O–H groups in total. The van der Waals surface area contributed by atoms with E-state index in [4.69, 9.17) is 0 Å². The number of amides is 1. The van der Waals surface area contributed by atoms with Gasteiger partial charge in [-0.05, 0) is 36.1 Å². The number of fused-ring (bicyclic) bond motifs is 1. The number of nitrogens with zero attached hydrogens (tertiary/aromatic N) is 2. The largest absolute Gasteiger partial charge is 0.417 e. The monoisotopic (exact) mass is 427 g/mol. The molecule has 0 fully saturated rings. The quantitative estimate of drug-likeness (QED) is 0.797. The highest BCUT2D eigenvalue weighted by atomic mass is 32.2. The first kappa shape index (κ1) is 21.1. The summed E-state index contributed by atoms with van der Waals surface area (Å²) in [6, 6.07) is 6.96. The molecule has 0 aliphatic carbocycles. The second-order valence-corrected chi connectivity index (χ2v) is 8.67. The van der Waals surface area contributed by atoms with E-state index in [0.717, 1.165) is 23.1 Å². The number of sulfonamides is 1. The van der Waals surface area contributed by atoms with E-state index in [1.54, 1.807) is 12.1 Å². The number of carbonyl (C=O) groups is 1. The van der Waals surface area contributed by atoms with Gasteiger partial charge in [0, 0.05) is 18.4 Å². The van der Waals surface area contributed by atoms with Crippen LogP contribution >= 0.6 is 0 Å². The fourth-order valence-electron chi connectivity index (χ4n) is 2.96. The van der Waals surface area contributed by atoms with Crippen LogP contribution in [0.3, 0.4) is 0 Å². The first-order chi connectivity index (χ1) is 13.5. The van der Waals surface area contributed by atoms with E-state index in [-0.39, 0.29) is 12.4 Å². The van der Waals surface area contributed by atoms with Crippen molar-refractivity contribution in [2.75, 3.05) is 17.6 Å². The van der Waals surface area contributed by atoms with E-state index >= 15 is 0 Å². The zero-order valence-electron chi connectivity index (χ0n) is 15.8. The van der Waals surface area contributed by atoms with Gasteiger partial charge in [-0.3, -0.25) is 4.79 Å². The van der Waals surface area contributed by atoms with Crippen LogP contribution < -0.4 is 5.32 Å². The summed E-state index contributed by atoms with van der Waals surface area (Å²) in [6.45, 7) is 3.89. The predicted molar refractivity (Wildman–Crippen MR) is 104 cm³/mol. The first-order valence-corrected chi connectivity index (χ1v) is 10.6. The molecule has 1 amide bonds. The maximum Gasteiger partial charge on any atom is 0.417 e. The molecule has 3 rings (SSSR count). The minimum absolute atomic E-state index is 0.213. The van der Waals surface area contributed by atoms with Crippen LogP contribution in [0.2, 0.25) is 0 Å². The Bertz CT molecular complexity index is 1010. The molecule has 0 radical (unpaired) electrons. The summed E-state index contributed by atoms with van der Waals surface area (Å²) in [5.74, 6) is -1.27. The molecule has 2 heterocycles. The average Bonchev–Trinajstić information content (AvgIpc) is 2.65. The van der Waals surface area contributed by atoms with Gasteiger partial charge < -0.3 is 10.2 Å². The van der Waals surface area contributed by atoms with Crippen LogP contribution in [0.25, 0.3) is 0 Å². The highest BCUT2D eigenvalue weighted by Gasteiger charge is 2.39. The highest BCUT2D eigenvalue weighted by molar-refractivity contribution is 7.90. The molecule has 2 aliphatic heterocycles. The van der Waals surface area contributed by atoms with Crippen molar-refractivity contribution >= 4 is 27.5 Å². The third kappa shape index (κ3) is 4.69. The van der Waals surface area contributed by atoms with Crippen LogP contribution in [-0.4, -0.2) is 43.5 Å². The minimum atomic E-state index is -4.69. The number of hydrogen-bond donors (Lipinski definition) is 1. The van der Waals surface area contributed by atoms with Crippen LogP contribution in [0, 0.1) is 0 Å². The Morgan fingerprint density at radius 3 is 2.52 bits per heavy atom. The number of amidine groups is 1. The number of allylic oxidation sites excluding steroid dienone is 2. The number of hydrogen-bond acceptors (Lipinski definition) is 4. The summed E-state index contributed by atoms with van der Waals surface area (Å²) in [4.78, 5) is 13.8. The van der Waals surface area contributed by atoms with Crippen molar-refractivity contribution in [1.29, 1.82) is 0 Å². The lowest BCUT2D eigenvalue weighted by molar-refractivity contribution is -0.112. The van der Waals surface area contributed by atoms with Crippen molar-refractivity contribution in [2.24, 2.45) is 4.40 Å². The fraction of sp³-hybridized carbons (Fsp3) is 0.368. The van der Waals surface area contributed by atoms with Gasteiger partial charge in [0.1, 0.15) is 0 Å². The Labute approximate surface area is 166 Å². The van der Waals surface area contributed by atoms with Gasteiger partial charge in [0.15, 0.2) is 5.84 Å². The van der Waals surface area contributed by atoms with Gasteiger partial charge in [-0.25, -0.2) is 8.42 Å². The fourth-order valence-corrected chi connectivity index (χ4v) is 3.94. The summed E-state index contributed by atoms with van der Waals surface area (Å²) < 4.78 is 66.9. The molecule has 2 aliphatic rings. The second kappa shape index (κ2) is 7.66. The molecule has 0 aromatic heterocycles. The number of anilines is 1. The van der Waals surface area contributed by atoms with Gasteiger partial charge >= 0.3 is 6.18 Å². The van der Waals surface area contributed by atoms with Crippen molar-refractivity contribution in [3.8, 4) is 0 Å². The molecule has 1 aromatic carbocycles. The molecule has 0 spiro atoms. The molecule has 156 valence electrons. The molecule has 0 saturated heterocycles. The summed E-state index contributed by atoms with van der Waals surface area (Å²) in [7, 11) is -3.85. The zero-order valence-corrected chi connectivity index (χ0v) is 16.6. The Morgan fingerprint density at radius 2 is 1.93 bits per heavy atom. The standard InChI is InChI=1S/C19H20F3N3O3S/c1-3-12(2)13-4-6-15(7-5-13)23-18(26)16-10-14(19(20,21)22)11-25-8-9-29(27,28)24-17(16)25/h4-7,10-12H,3,8-9H2,1-2H3,(H,23,26). The number of alkyl halides is 3. The normalized spacial score (nSPS) is 19.5. The van der Waals surface area contributed by atoms with E-state index in [1.807, 2.05) is 19.1 Å². The van der Waals surface area contributed by atoms with Crippen molar-refractivity contribution in [1.82, 2.24) is 4.90 Å². The molecular weight excluding hydrogens is 407 g/mol.